The van der Waals surface area contributed by atoms with E-state index in [9.17, 15) is 9.59 Å². The average Bonchev–Trinajstić information content (AvgIpc) is 3.02. The molecule has 1 atom stereocenters. The highest BCUT2D eigenvalue weighted by Crippen LogP contribution is 2.35. The van der Waals surface area contributed by atoms with Crippen LogP contribution in [0.2, 0.25) is 5.02 Å². The van der Waals surface area contributed by atoms with E-state index in [1.165, 1.54) is 11.3 Å². The van der Waals surface area contributed by atoms with Gasteiger partial charge in [0.15, 0.2) is 0 Å². The first-order valence-electron chi connectivity index (χ1n) is 8.18. The van der Waals surface area contributed by atoms with E-state index in [0.717, 1.165) is 26.5 Å². The summed E-state index contributed by atoms with van der Waals surface area (Å²) in [5, 5.41) is 10.5. The van der Waals surface area contributed by atoms with Gasteiger partial charge in [0.1, 0.15) is 10.5 Å². The summed E-state index contributed by atoms with van der Waals surface area (Å²) < 4.78 is 0.965. The molecule has 4 rings (SSSR count). The number of hydrogen-bond acceptors (Lipinski definition) is 4. The normalized spacial score (nSPS) is 16.7. The SMILES string of the molecule is O=C(O)CC1Cc2ccccc2N(Cc2nc3c(Cl)cccc3s2)C1=O. The molecular formula is C19H15ClN2O3S. The number of aromatic nitrogens is 1. The lowest BCUT2D eigenvalue weighted by Crippen LogP contribution is -2.41. The smallest absolute Gasteiger partial charge is 0.304 e. The molecule has 0 saturated carbocycles. The Morgan fingerprint density at radius 2 is 2.08 bits per heavy atom. The standard InChI is InChI=1S/C19H15ClN2O3S/c20-13-5-3-7-15-18(13)21-16(26-15)10-22-14-6-2-1-4-11(14)8-12(19(22)25)9-17(23)24/h1-7,12H,8-10H2,(H,23,24). The first kappa shape index (κ1) is 17.0. The number of fused-ring (bicyclic) bond motifs is 2. The zero-order valence-electron chi connectivity index (χ0n) is 13.7. The number of para-hydroxylation sites is 2. The molecule has 1 N–H and O–H groups in total. The predicted molar refractivity (Wildman–Crippen MR) is 102 cm³/mol. The Labute approximate surface area is 158 Å². The molecule has 7 heteroatoms. The van der Waals surface area contributed by atoms with Gasteiger partial charge in [0.25, 0.3) is 0 Å². The zero-order valence-corrected chi connectivity index (χ0v) is 15.3. The highest BCUT2D eigenvalue weighted by atomic mass is 35.5. The van der Waals surface area contributed by atoms with Crippen molar-refractivity contribution < 1.29 is 14.7 Å². The van der Waals surface area contributed by atoms with Gasteiger partial charge in [-0.25, -0.2) is 4.98 Å². The Hall–Kier alpha value is -2.44. The van der Waals surface area contributed by atoms with Gasteiger partial charge < -0.3 is 10.0 Å². The summed E-state index contributed by atoms with van der Waals surface area (Å²) in [5.74, 6) is -1.69. The molecule has 132 valence electrons. The van der Waals surface area contributed by atoms with Crippen molar-refractivity contribution in [3.63, 3.8) is 0 Å². The number of benzene rings is 2. The van der Waals surface area contributed by atoms with Gasteiger partial charge in [0, 0.05) is 5.69 Å². The second kappa shape index (κ2) is 6.70. The highest BCUT2D eigenvalue weighted by molar-refractivity contribution is 7.18. The van der Waals surface area contributed by atoms with E-state index in [4.69, 9.17) is 16.7 Å². The van der Waals surface area contributed by atoms with Crippen molar-refractivity contribution in [3.05, 3.63) is 58.1 Å². The average molecular weight is 387 g/mol. The topological polar surface area (TPSA) is 70.5 Å². The number of carbonyl (C=O) groups excluding carboxylic acids is 1. The molecule has 1 aromatic heterocycles. The number of amides is 1. The summed E-state index contributed by atoms with van der Waals surface area (Å²) in [4.78, 5) is 30.3. The minimum atomic E-state index is -0.963. The van der Waals surface area contributed by atoms with Gasteiger partial charge in [-0.05, 0) is 30.2 Å². The second-order valence-electron chi connectivity index (χ2n) is 6.25. The Balaban J connectivity index is 1.71. The van der Waals surface area contributed by atoms with Crippen molar-refractivity contribution in [2.45, 2.75) is 19.4 Å². The minimum absolute atomic E-state index is 0.170. The monoisotopic (exact) mass is 386 g/mol. The lowest BCUT2D eigenvalue weighted by atomic mass is 9.89. The van der Waals surface area contributed by atoms with Gasteiger partial charge in [-0.15, -0.1) is 11.3 Å². The molecule has 5 nitrogen and oxygen atoms in total. The lowest BCUT2D eigenvalue weighted by Gasteiger charge is -2.33. The fourth-order valence-electron chi connectivity index (χ4n) is 3.34. The molecule has 0 radical (unpaired) electrons. The number of rotatable bonds is 4. The van der Waals surface area contributed by atoms with Crippen molar-refractivity contribution in [2.24, 2.45) is 5.92 Å². The number of carbonyl (C=O) groups is 2. The van der Waals surface area contributed by atoms with E-state index < -0.39 is 11.9 Å². The van der Waals surface area contributed by atoms with Crippen molar-refractivity contribution in [1.82, 2.24) is 4.98 Å². The van der Waals surface area contributed by atoms with E-state index in [-0.39, 0.29) is 12.3 Å². The first-order chi connectivity index (χ1) is 12.5. The van der Waals surface area contributed by atoms with E-state index in [1.807, 2.05) is 36.4 Å². The third-order valence-corrected chi connectivity index (χ3v) is 5.80. The number of carboxylic acid groups (broad SMARTS) is 1. The van der Waals surface area contributed by atoms with Crippen molar-refractivity contribution >= 4 is 50.7 Å². The van der Waals surface area contributed by atoms with E-state index in [0.29, 0.717) is 18.0 Å². The van der Waals surface area contributed by atoms with Crippen LogP contribution in [0.15, 0.2) is 42.5 Å². The van der Waals surface area contributed by atoms with E-state index >= 15 is 0 Å². The number of nitrogens with zero attached hydrogens (tertiary/aromatic N) is 2. The van der Waals surface area contributed by atoms with Crippen LogP contribution in [0, 0.1) is 5.92 Å². The molecule has 3 aromatic rings. The molecule has 0 aliphatic carbocycles. The van der Waals surface area contributed by atoms with Crippen LogP contribution in [0.4, 0.5) is 5.69 Å². The summed E-state index contributed by atoms with van der Waals surface area (Å²) in [6.07, 6.45) is 0.277. The van der Waals surface area contributed by atoms with Crippen LogP contribution in [-0.4, -0.2) is 22.0 Å². The lowest BCUT2D eigenvalue weighted by molar-refractivity contribution is -0.140. The summed E-state index contributed by atoms with van der Waals surface area (Å²) in [6, 6.07) is 13.2. The van der Waals surface area contributed by atoms with Crippen molar-refractivity contribution in [2.75, 3.05) is 4.90 Å². The minimum Gasteiger partial charge on any atom is -0.481 e. The van der Waals surface area contributed by atoms with Gasteiger partial charge in [0.2, 0.25) is 5.91 Å². The Morgan fingerprint density at radius 1 is 1.27 bits per heavy atom. The quantitative estimate of drug-likeness (QED) is 0.731. The molecule has 2 heterocycles. The fourth-order valence-corrected chi connectivity index (χ4v) is 4.59. The molecule has 0 fully saturated rings. The maximum atomic E-state index is 12.9. The van der Waals surface area contributed by atoms with Crippen LogP contribution in [0.1, 0.15) is 17.0 Å². The van der Waals surface area contributed by atoms with Crippen molar-refractivity contribution in [1.29, 1.82) is 0 Å². The maximum absolute atomic E-state index is 12.9. The Morgan fingerprint density at radius 3 is 2.85 bits per heavy atom. The summed E-state index contributed by atoms with van der Waals surface area (Å²) in [5.41, 5.74) is 2.54. The molecule has 1 unspecified atom stereocenters. The summed E-state index contributed by atoms with van der Waals surface area (Å²) in [6.45, 7) is 0.307. The number of thiazole rings is 1. The molecule has 0 bridgehead atoms. The molecule has 1 aliphatic rings. The van der Waals surface area contributed by atoms with Gasteiger partial charge in [-0.2, -0.15) is 0 Å². The number of hydrogen-bond donors (Lipinski definition) is 1. The largest absolute Gasteiger partial charge is 0.481 e. The van der Waals surface area contributed by atoms with Crippen LogP contribution in [0.3, 0.4) is 0 Å². The number of aliphatic carboxylic acids is 1. The summed E-state index contributed by atoms with van der Waals surface area (Å²) >= 11 is 7.69. The molecule has 26 heavy (non-hydrogen) atoms. The number of carboxylic acids is 1. The maximum Gasteiger partial charge on any atom is 0.304 e. The highest BCUT2D eigenvalue weighted by Gasteiger charge is 2.34. The number of halogens is 1. The third-order valence-electron chi connectivity index (χ3n) is 4.49. The Kier molecular flexibility index (Phi) is 4.38. The second-order valence-corrected chi connectivity index (χ2v) is 7.77. The van der Waals surface area contributed by atoms with E-state index in [1.54, 1.807) is 11.0 Å². The van der Waals surface area contributed by atoms with Crippen LogP contribution >= 0.6 is 22.9 Å². The van der Waals surface area contributed by atoms with Crippen LogP contribution in [0.5, 0.6) is 0 Å². The zero-order chi connectivity index (χ0) is 18.3. The van der Waals surface area contributed by atoms with E-state index in [2.05, 4.69) is 4.98 Å². The Bertz CT molecular complexity index is 1020. The number of anilines is 1. The van der Waals surface area contributed by atoms with Crippen molar-refractivity contribution in [3.8, 4) is 0 Å². The van der Waals surface area contributed by atoms with Gasteiger partial charge in [0.05, 0.1) is 28.6 Å². The van der Waals surface area contributed by atoms with Gasteiger partial charge >= 0.3 is 5.97 Å². The predicted octanol–water partition coefficient (Wildman–Crippen LogP) is 4.13. The molecule has 1 aliphatic heterocycles. The molecule has 1 amide bonds. The van der Waals surface area contributed by atoms with Crippen LogP contribution < -0.4 is 4.90 Å². The summed E-state index contributed by atoms with van der Waals surface area (Å²) in [7, 11) is 0. The van der Waals surface area contributed by atoms with Gasteiger partial charge in [-0.1, -0.05) is 35.9 Å². The van der Waals surface area contributed by atoms with Crippen LogP contribution in [0.25, 0.3) is 10.2 Å². The first-order valence-corrected chi connectivity index (χ1v) is 9.37. The molecule has 0 spiro atoms. The molecular weight excluding hydrogens is 372 g/mol. The van der Waals surface area contributed by atoms with Gasteiger partial charge in [-0.3, -0.25) is 9.59 Å². The molecule has 2 aromatic carbocycles. The van der Waals surface area contributed by atoms with Crippen LogP contribution in [-0.2, 0) is 22.6 Å². The molecule has 0 saturated heterocycles. The fraction of sp³-hybridized carbons (Fsp3) is 0.211. The third kappa shape index (κ3) is 3.06.